The monoisotopic (exact) mass is 226 g/mol. The summed E-state index contributed by atoms with van der Waals surface area (Å²) in [5.74, 6) is 1.64. The largest absolute Gasteiger partial charge is 0.465 e. The van der Waals surface area contributed by atoms with E-state index in [1.165, 1.54) is 32.4 Å². The minimum Gasteiger partial charge on any atom is -0.465 e. The lowest BCUT2D eigenvalue weighted by molar-refractivity contribution is 0.118. The van der Waals surface area contributed by atoms with Gasteiger partial charge in [-0.3, -0.25) is 0 Å². The number of carbonyl (C=O) groups is 1. The highest BCUT2D eigenvalue weighted by atomic mass is 16.4. The molecule has 16 heavy (non-hydrogen) atoms. The topological polar surface area (TPSA) is 52.6 Å². The van der Waals surface area contributed by atoms with Gasteiger partial charge in [-0.1, -0.05) is 0 Å². The molecule has 0 aromatic rings. The van der Waals surface area contributed by atoms with Crippen LogP contribution in [-0.2, 0) is 0 Å². The highest BCUT2D eigenvalue weighted by Crippen LogP contribution is 2.28. The van der Waals surface area contributed by atoms with E-state index in [2.05, 4.69) is 5.32 Å². The maximum absolute atomic E-state index is 10.8. The summed E-state index contributed by atoms with van der Waals surface area (Å²) < 4.78 is 0. The number of hydrogen-bond acceptors (Lipinski definition) is 2. The quantitative estimate of drug-likeness (QED) is 0.754. The molecule has 2 aliphatic heterocycles. The van der Waals surface area contributed by atoms with Crippen LogP contribution in [0.2, 0.25) is 0 Å². The molecule has 92 valence electrons. The van der Waals surface area contributed by atoms with Crippen molar-refractivity contribution < 1.29 is 9.90 Å². The van der Waals surface area contributed by atoms with E-state index in [1.807, 2.05) is 0 Å². The first-order valence-corrected chi connectivity index (χ1v) is 6.44. The number of nitrogens with one attached hydrogen (secondary N) is 1. The van der Waals surface area contributed by atoms with Gasteiger partial charge < -0.3 is 15.3 Å². The van der Waals surface area contributed by atoms with Crippen molar-refractivity contribution in [3.63, 3.8) is 0 Å². The molecule has 2 N–H and O–H groups in total. The van der Waals surface area contributed by atoms with E-state index in [0.717, 1.165) is 37.8 Å². The normalized spacial score (nSPS) is 24.6. The maximum atomic E-state index is 10.8. The SMILES string of the molecule is O=C(O)N1CCC(CC2CCNCC2)CC1. The van der Waals surface area contributed by atoms with Gasteiger partial charge in [0.1, 0.15) is 0 Å². The van der Waals surface area contributed by atoms with E-state index < -0.39 is 6.09 Å². The predicted molar refractivity (Wildman–Crippen MR) is 62.5 cm³/mol. The molecule has 1 amide bonds. The van der Waals surface area contributed by atoms with Gasteiger partial charge in [-0.15, -0.1) is 0 Å². The number of piperidine rings is 2. The average molecular weight is 226 g/mol. The molecule has 2 rings (SSSR count). The van der Waals surface area contributed by atoms with Crippen LogP contribution in [0.5, 0.6) is 0 Å². The summed E-state index contributed by atoms with van der Waals surface area (Å²) >= 11 is 0. The molecule has 0 unspecified atom stereocenters. The van der Waals surface area contributed by atoms with Gasteiger partial charge in [0.05, 0.1) is 0 Å². The number of carboxylic acid groups (broad SMARTS) is 1. The first-order valence-electron chi connectivity index (χ1n) is 6.44. The van der Waals surface area contributed by atoms with Crippen LogP contribution in [0.15, 0.2) is 0 Å². The molecule has 2 fully saturated rings. The third kappa shape index (κ3) is 3.11. The Hall–Kier alpha value is -0.770. The Morgan fingerprint density at radius 2 is 1.69 bits per heavy atom. The van der Waals surface area contributed by atoms with Crippen LogP contribution in [0.4, 0.5) is 4.79 Å². The van der Waals surface area contributed by atoms with Crippen molar-refractivity contribution in [2.45, 2.75) is 32.1 Å². The molecule has 0 bridgehead atoms. The van der Waals surface area contributed by atoms with Crippen molar-refractivity contribution in [2.75, 3.05) is 26.2 Å². The van der Waals surface area contributed by atoms with E-state index >= 15 is 0 Å². The Morgan fingerprint density at radius 3 is 2.25 bits per heavy atom. The smallest absolute Gasteiger partial charge is 0.407 e. The zero-order valence-corrected chi connectivity index (χ0v) is 9.82. The molecule has 0 aromatic carbocycles. The second-order valence-corrected chi connectivity index (χ2v) is 5.14. The van der Waals surface area contributed by atoms with Gasteiger partial charge in [-0.2, -0.15) is 0 Å². The number of rotatable bonds is 2. The van der Waals surface area contributed by atoms with Gasteiger partial charge in [0.25, 0.3) is 0 Å². The second kappa shape index (κ2) is 5.53. The molecule has 0 radical (unpaired) electrons. The molecule has 0 aromatic heterocycles. The lowest BCUT2D eigenvalue weighted by Gasteiger charge is -2.33. The molecule has 0 saturated carbocycles. The number of hydrogen-bond donors (Lipinski definition) is 2. The van der Waals surface area contributed by atoms with E-state index in [1.54, 1.807) is 4.90 Å². The third-order valence-electron chi connectivity index (χ3n) is 4.01. The van der Waals surface area contributed by atoms with Crippen LogP contribution in [-0.4, -0.2) is 42.3 Å². The number of likely N-dealkylation sites (tertiary alicyclic amines) is 1. The summed E-state index contributed by atoms with van der Waals surface area (Å²) in [4.78, 5) is 12.3. The molecule has 2 saturated heterocycles. The molecular weight excluding hydrogens is 204 g/mol. The Labute approximate surface area is 97.0 Å². The fraction of sp³-hybridized carbons (Fsp3) is 0.917. The molecule has 4 heteroatoms. The van der Waals surface area contributed by atoms with Crippen LogP contribution < -0.4 is 5.32 Å². The van der Waals surface area contributed by atoms with Crippen molar-refractivity contribution in [2.24, 2.45) is 11.8 Å². The molecule has 0 spiro atoms. The third-order valence-corrected chi connectivity index (χ3v) is 4.01. The van der Waals surface area contributed by atoms with Gasteiger partial charge >= 0.3 is 6.09 Å². The van der Waals surface area contributed by atoms with E-state index in [9.17, 15) is 4.79 Å². The zero-order valence-electron chi connectivity index (χ0n) is 9.82. The number of nitrogens with zero attached hydrogens (tertiary/aromatic N) is 1. The van der Waals surface area contributed by atoms with Crippen LogP contribution in [0.1, 0.15) is 32.1 Å². The molecular formula is C12H22N2O2. The fourth-order valence-electron chi connectivity index (χ4n) is 2.95. The van der Waals surface area contributed by atoms with Gasteiger partial charge in [0, 0.05) is 13.1 Å². The van der Waals surface area contributed by atoms with Crippen molar-refractivity contribution in [3.8, 4) is 0 Å². The lowest BCUT2D eigenvalue weighted by atomic mass is 9.83. The average Bonchev–Trinajstić information content (AvgIpc) is 2.31. The van der Waals surface area contributed by atoms with Crippen molar-refractivity contribution in [1.82, 2.24) is 10.2 Å². The van der Waals surface area contributed by atoms with Crippen LogP contribution in [0.25, 0.3) is 0 Å². The molecule has 4 nitrogen and oxygen atoms in total. The predicted octanol–water partition coefficient (Wildman–Crippen LogP) is 1.77. The van der Waals surface area contributed by atoms with Crippen molar-refractivity contribution in [3.05, 3.63) is 0 Å². The molecule has 2 aliphatic rings. The van der Waals surface area contributed by atoms with Crippen LogP contribution in [0, 0.1) is 11.8 Å². The maximum Gasteiger partial charge on any atom is 0.407 e. The van der Waals surface area contributed by atoms with Crippen molar-refractivity contribution in [1.29, 1.82) is 0 Å². The fourth-order valence-corrected chi connectivity index (χ4v) is 2.95. The van der Waals surface area contributed by atoms with E-state index in [-0.39, 0.29) is 0 Å². The summed E-state index contributed by atoms with van der Waals surface area (Å²) in [6.07, 6.45) is 5.31. The molecule has 0 atom stereocenters. The van der Waals surface area contributed by atoms with Gasteiger partial charge in [0.2, 0.25) is 0 Å². The van der Waals surface area contributed by atoms with Gasteiger partial charge in [-0.05, 0) is 57.0 Å². The summed E-state index contributed by atoms with van der Waals surface area (Å²) in [6, 6.07) is 0. The highest BCUT2D eigenvalue weighted by molar-refractivity contribution is 5.64. The van der Waals surface area contributed by atoms with Crippen LogP contribution >= 0.6 is 0 Å². The molecule has 0 aliphatic carbocycles. The first-order chi connectivity index (χ1) is 7.75. The summed E-state index contributed by atoms with van der Waals surface area (Å²) in [6.45, 7) is 3.81. The second-order valence-electron chi connectivity index (χ2n) is 5.14. The minimum atomic E-state index is -0.750. The Balaban J connectivity index is 1.70. The molecule has 2 heterocycles. The zero-order chi connectivity index (χ0) is 11.4. The lowest BCUT2D eigenvalue weighted by Crippen LogP contribution is -2.38. The highest BCUT2D eigenvalue weighted by Gasteiger charge is 2.25. The summed E-state index contributed by atoms with van der Waals surface area (Å²) in [7, 11) is 0. The Bertz CT molecular complexity index is 231. The van der Waals surface area contributed by atoms with E-state index in [0.29, 0.717) is 0 Å². The first kappa shape index (κ1) is 11.7. The van der Waals surface area contributed by atoms with E-state index in [4.69, 9.17) is 5.11 Å². The van der Waals surface area contributed by atoms with Gasteiger partial charge in [-0.25, -0.2) is 4.79 Å². The van der Waals surface area contributed by atoms with Crippen molar-refractivity contribution >= 4 is 6.09 Å². The minimum absolute atomic E-state index is 0.741. The van der Waals surface area contributed by atoms with Crippen LogP contribution in [0.3, 0.4) is 0 Å². The van der Waals surface area contributed by atoms with Gasteiger partial charge in [0.15, 0.2) is 0 Å². The Morgan fingerprint density at radius 1 is 1.12 bits per heavy atom. The standard InChI is InChI=1S/C12H22N2O2/c15-12(16)14-7-3-11(4-8-14)9-10-1-5-13-6-2-10/h10-11,13H,1-9H2,(H,15,16). The summed E-state index contributed by atoms with van der Waals surface area (Å²) in [5, 5.41) is 12.3. The Kier molecular flexibility index (Phi) is 4.04. The summed E-state index contributed by atoms with van der Waals surface area (Å²) in [5.41, 5.74) is 0. The number of amides is 1.